The Morgan fingerprint density at radius 3 is 1.11 bits per heavy atom. The number of halogens is 2. The van der Waals surface area contributed by atoms with Crippen LogP contribution in [0.2, 0.25) is 0 Å². The summed E-state index contributed by atoms with van der Waals surface area (Å²) < 4.78 is 2.94. The Kier molecular flexibility index (Phi) is 9.28. The van der Waals surface area contributed by atoms with E-state index < -0.39 is 0 Å². The van der Waals surface area contributed by atoms with Crippen molar-refractivity contribution >= 4 is 0 Å². The molecule has 3 rings (SSSR count). The second-order valence-electron chi connectivity index (χ2n) is 6.18. The van der Waals surface area contributed by atoms with Gasteiger partial charge in [-0.15, -0.1) is 0 Å². The van der Waals surface area contributed by atoms with Crippen molar-refractivity contribution in [2.45, 2.75) is 39.5 Å². The highest BCUT2D eigenvalue weighted by Crippen LogP contribution is 2.27. The van der Waals surface area contributed by atoms with Gasteiger partial charge in [0.25, 0.3) is 0 Å². The van der Waals surface area contributed by atoms with Gasteiger partial charge in [-0.25, -0.2) is 0 Å². The van der Waals surface area contributed by atoms with Crippen molar-refractivity contribution in [2.24, 2.45) is 0 Å². The highest BCUT2D eigenvalue weighted by Gasteiger charge is 2.47. The maximum Gasteiger partial charge on any atom is 0.129 e. The first-order valence-corrected chi connectivity index (χ1v) is 7.44. The first-order chi connectivity index (χ1) is 7.74. The van der Waals surface area contributed by atoms with E-state index in [0.29, 0.717) is 0 Å². The van der Waals surface area contributed by atoms with Gasteiger partial charge in [0.15, 0.2) is 0 Å². The van der Waals surface area contributed by atoms with Crippen LogP contribution in [0.3, 0.4) is 0 Å². The molecule has 3 saturated heterocycles. The number of unbranched alkanes of at least 4 members (excludes halogenated alkanes) is 2. The van der Waals surface area contributed by atoms with Crippen molar-refractivity contribution < 1.29 is 56.9 Å². The molecule has 2 bridgehead atoms. The normalized spacial score (nSPS) is 33.7. The summed E-state index contributed by atoms with van der Waals surface area (Å²) in [6.07, 6.45) is 5.62. The van der Waals surface area contributed by atoms with Gasteiger partial charge in [0.1, 0.15) is 39.3 Å². The van der Waals surface area contributed by atoms with E-state index in [9.17, 15) is 0 Å². The predicted octanol–water partition coefficient (Wildman–Crippen LogP) is -3.74. The third kappa shape index (κ3) is 4.45. The third-order valence-electron chi connectivity index (χ3n) is 5.12. The Morgan fingerprint density at radius 2 is 0.889 bits per heavy atom. The summed E-state index contributed by atoms with van der Waals surface area (Å²) >= 11 is 0. The topological polar surface area (TPSA) is 0 Å². The molecule has 0 atom stereocenters. The molecule has 3 fully saturated rings. The Morgan fingerprint density at radius 1 is 0.611 bits per heavy atom. The zero-order valence-electron chi connectivity index (χ0n) is 12.1. The van der Waals surface area contributed by atoms with E-state index in [0.717, 1.165) is 0 Å². The van der Waals surface area contributed by atoms with E-state index in [4.69, 9.17) is 0 Å². The molecule has 18 heavy (non-hydrogen) atoms. The van der Waals surface area contributed by atoms with Gasteiger partial charge in [-0.2, -0.15) is 0 Å². The minimum Gasteiger partial charge on any atom is -1.00 e. The zero-order chi connectivity index (χ0) is 11.5. The van der Waals surface area contributed by atoms with Crippen LogP contribution in [0.15, 0.2) is 0 Å². The quantitative estimate of drug-likeness (QED) is 0.271. The molecular formula is C14H30I2N2. The van der Waals surface area contributed by atoms with E-state index in [2.05, 4.69) is 13.8 Å². The molecule has 0 unspecified atom stereocenters. The predicted molar refractivity (Wildman–Crippen MR) is 69.3 cm³/mol. The van der Waals surface area contributed by atoms with E-state index in [1.54, 1.807) is 0 Å². The molecule has 3 aliphatic heterocycles. The Hall–Kier alpha value is 1.38. The number of nitrogens with zero attached hydrogens (tertiary/aromatic N) is 2. The van der Waals surface area contributed by atoms with Crippen molar-refractivity contribution in [3.05, 3.63) is 0 Å². The number of rotatable bonds is 6. The van der Waals surface area contributed by atoms with Crippen LogP contribution in [0.5, 0.6) is 0 Å². The number of piperazine rings is 3. The number of fused-ring (bicyclic) bond motifs is 3. The maximum absolute atomic E-state index is 2.33. The van der Waals surface area contributed by atoms with Crippen LogP contribution in [0.4, 0.5) is 0 Å². The van der Waals surface area contributed by atoms with Gasteiger partial charge in [-0.1, -0.05) is 26.7 Å². The van der Waals surface area contributed by atoms with Gasteiger partial charge in [0.2, 0.25) is 0 Å². The summed E-state index contributed by atoms with van der Waals surface area (Å²) in [5.74, 6) is 0. The molecule has 0 N–H and O–H groups in total. The first-order valence-electron chi connectivity index (χ1n) is 7.44. The summed E-state index contributed by atoms with van der Waals surface area (Å²) in [6.45, 7) is 16.4. The van der Waals surface area contributed by atoms with Crippen LogP contribution < -0.4 is 48.0 Å². The number of hydrogen-bond donors (Lipinski definition) is 0. The second-order valence-corrected chi connectivity index (χ2v) is 6.18. The molecular weight excluding hydrogens is 450 g/mol. The fourth-order valence-corrected chi connectivity index (χ4v) is 3.60. The van der Waals surface area contributed by atoms with Gasteiger partial charge >= 0.3 is 0 Å². The molecule has 0 spiro atoms. The largest absolute Gasteiger partial charge is 1.00 e. The molecule has 3 aliphatic rings. The van der Waals surface area contributed by atoms with E-state index >= 15 is 0 Å². The molecule has 0 saturated carbocycles. The van der Waals surface area contributed by atoms with Gasteiger partial charge in [0, 0.05) is 0 Å². The summed E-state index contributed by atoms with van der Waals surface area (Å²) in [6, 6.07) is 0. The molecule has 0 radical (unpaired) electrons. The fourth-order valence-electron chi connectivity index (χ4n) is 3.60. The van der Waals surface area contributed by atoms with Crippen molar-refractivity contribution in [1.82, 2.24) is 0 Å². The molecule has 0 aromatic rings. The summed E-state index contributed by atoms with van der Waals surface area (Å²) in [5, 5.41) is 0. The fraction of sp³-hybridized carbons (Fsp3) is 1.00. The Bertz CT molecular complexity index is 185. The lowest BCUT2D eigenvalue weighted by atomic mass is 10.0. The second kappa shape index (κ2) is 8.62. The minimum absolute atomic E-state index is 0. The SMILES string of the molecule is CCCC[N+]12CC[N+](CCCC)(CC1)CC2.[I-].[I-]. The highest BCUT2D eigenvalue weighted by molar-refractivity contribution is 4.62. The molecule has 2 nitrogen and oxygen atoms in total. The van der Waals surface area contributed by atoms with Crippen molar-refractivity contribution in [3.8, 4) is 0 Å². The van der Waals surface area contributed by atoms with Gasteiger partial charge in [-0.05, 0) is 12.8 Å². The van der Waals surface area contributed by atoms with Crippen molar-refractivity contribution in [1.29, 1.82) is 0 Å². The molecule has 0 aromatic carbocycles. The lowest BCUT2D eigenvalue weighted by Gasteiger charge is -2.55. The van der Waals surface area contributed by atoms with Gasteiger partial charge < -0.3 is 56.9 Å². The van der Waals surface area contributed by atoms with Crippen LogP contribution in [0.1, 0.15) is 39.5 Å². The average Bonchev–Trinajstić information content (AvgIpc) is 2.37. The van der Waals surface area contributed by atoms with Crippen LogP contribution in [0.25, 0.3) is 0 Å². The summed E-state index contributed by atoms with van der Waals surface area (Å²) in [5.41, 5.74) is 0. The summed E-state index contributed by atoms with van der Waals surface area (Å²) in [7, 11) is 0. The van der Waals surface area contributed by atoms with Crippen LogP contribution in [-0.2, 0) is 0 Å². The van der Waals surface area contributed by atoms with Gasteiger partial charge in [0.05, 0.1) is 13.1 Å². The van der Waals surface area contributed by atoms with Crippen LogP contribution in [0, 0.1) is 0 Å². The minimum atomic E-state index is 0. The molecule has 0 aromatic heterocycles. The monoisotopic (exact) mass is 480 g/mol. The smallest absolute Gasteiger partial charge is 0.129 e. The van der Waals surface area contributed by atoms with E-state index in [-0.39, 0.29) is 48.0 Å². The van der Waals surface area contributed by atoms with Gasteiger partial charge in [-0.3, -0.25) is 0 Å². The third-order valence-corrected chi connectivity index (χ3v) is 5.12. The summed E-state index contributed by atoms with van der Waals surface area (Å²) in [4.78, 5) is 0. The number of hydrogen-bond acceptors (Lipinski definition) is 0. The Balaban J connectivity index is 0.00000144. The lowest BCUT2D eigenvalue weighted by Crippen LogP contribution is -3.00. The molecule has 3 heterocycles. The lowest BCUT2D eigenvalue weighted by molar-refractivity contribution is -1.08. The van der Waals surface area contributed by atoms with E-state index in [1.807, 2.05) is 0 Å². The first kappa shape index (κ1) is 19.4. The average molecular weight is 480 g/mol. The van der Waals surface area contributed by atoms with Crippen molar-refractivity contribution in [3.63, 3.8) is 0 Å². The zero-order valence-corrected chi connectivity index (χ0v) is 16.5. The van der Waals surface area contributed by atoms with Crippen molar-refractivity contribution in [2.75, 3.05) is 52.4 Å². The number of quaternary nitrogens is 2. The molecule has 0 aliphatic carbocycles. The molecule has 110 valence electrons. The molecule has 0 amide bonds. The van der Waals surface area contributed by atoms with E-state index in [1.165, 1.54) is 87.0 Å². The highest BCUT2D eigenvalue weighted by atomic mass is 127. The molecule has 4 heteroatoms. The van der Waals surface area contributed by atoms with Crippen LogP contribution >= 0.6 is 0 Å². The standard InChI is InChI=1S/C14H30N2.2HI/c1-3-5-7-15-9-12-16(13-10-15,14-11-15)8-6-4-2;;/h3-14H2,1-2H3;2*1H/q+2;;/p-2. The maximum atomic E-state index is 2.33. The van der Waals surface area contributed by atoms with Crippen LogP contribution in [-0.4, -0.2) is 61.3 Å². The Labute approximate surface area is 148 Å².